The molecule has 0 spiro atoms. The van der Waals surface area contributed by atoms with Gasteiger partial charge in [-0.05, 0) is 36.7 Å². The number of hydrogen-bond acceptors (Lipinski definition) is 5. The van der Waals surface area contributed by atoms with Crippen molar-refractivity contribution in [3.8, 4) is 0 Å². The lowest BCUT2D eigenvalue weighted by atomic mass is 10.2. The monoisotopic (exact) mass is 297 g/mol. The molecule has 0 atom stereocenters. The number of nitro groups is 1. The average molecular weight is 298 g/mol. The van der Waals surface area contributed by atoms with E-state index in [0.29, 0.717) is 5.00 Å². The molecule has 0 saturated carbocycles. The fourth-order valence-corrected chi connectivity index (χ4v) is 2.31. The Morgan fingerprint density at radius 3 is 2.74 bits per heavy atom. The van der Waals surface area contributed by atoms with Gasteiger partial charge in [0, 0.05) is 11.6 Å². The minimum absolute atomic E-state index is 0.0712. The number of carbonyl (C=O) groups is 1. The van der Waals surface area contributed by atoms with Crippen molar-refractivity contribution in [2.45, 2.75) is 6.92 Å². The first kappa shape index (κ1) is 13.4. The first-order chi connectivity index (χ1) is 8.97. The summed E-state index contributed by atoms with van der Waals surface area (Å²) in [6.45, 7) is 1.81. The Bertz CT molecular complexity index is 656. The topological polar surface area (TPSA) is 85.1 Å². The van der Waals surface area contributed by atoms with Crippen LogP contribution >= 0.6 is 23.1 Å². The summed E-state index contributed by atoms with van der Waals surface area (Å²) in [5, 5.41) is 13.8. The molecule has 0 fully saturated rings. The number of benzene rings is 1. The lowest BCUT2D eigenvalue weighted by Crippen LogP contribution is -2.11. The zero-order valence-corrected chi connectivity index (χ0v) is 11.3. The normalized spacial score (nSPS) is 10.2. The van der Waals surface area contributed by atoms with Gasteiger partial charge in [-0.1, -0.05) is 11.6 Å². The minimum atomic E-state index is -0.601. The fraction of sp³-hybridized carbons (Fsp3) is 0.0909. The number of carbonyl (C=O) groups excluding carboxylic acids is 1. The molecule has 2 aromatic rings. The molecule has 6 nitrogen and oxygen atoms in total. The molecule has 0 saturated heterocycles. The van der Waals surface area contributed by atoms with Crippen molar-refractivity contribution < 1.29 is 9.72 Å². The van der Waals surface area contributed by atoms with Gasteiger partial charge in [-0.3, -0.25) is 14.9 Å². The molecule has 1 N–H and O–H groups in total. The summed E-state index contributed by atoms with van der Waals surface area (Å²) < 4.78 is 4.03. The predicted octanol–water partition coefficient (Wildman–Crippen LogP) is 3.27. The van der Waals surface area contributed by atoms with Crippen LogP contribution in [0.2, 0.25) is 5.02 Å². The van der Waals surface area contributed by atoms with E-state index in [2.05, 4.69) is 9.69 Å². The number of aromatic nitrogens is 1. The lowest BCUT2D eigenvalue weighted by Gasteiger charge is -2.02. The molecule has 8 heteroatoms. The summed E-state index contributed by atoms with van der Waals surface area (Å²) in [6.07, 6.45) is 0. The van der Waals surface area contributed by atoms with Crippen molar-refractivity contribution in [2.24, 2.45) is 0 Å². The molecular weight excluding hydrogens is 290 g/mol. The Labute approximate surface area is 117 Å². The van der Waals surface area contributed by atoms with Crippen molar-refractivity contribution in [2.75, 3.05) is 5.32 Å². The number of aryl methyl sites for hydroxylation is 1. The predicted molar refractivity (Wildman–Crippen MR) is 72.9 cm³/mol. The maximum atomic E-state index is 11.9. The standard InChI is InChI=1S/C11H8ClN3O3S/c1-6-4-10(19-14-6)13-11(16)7-2-3-9(15(17)18)8(12)5-7/h2-5H,1H3,(H,13,16). The maximum absolute atomic E-state index is 11.9. The van der Waals surface area contributed by atoms with Crippen LogP contribution in [0.1, 0.15) is 16.1 Å². The summed E-state index contributed by atoms with van der Waals surface area (Å²) in [5.74, 6) is -0.388. The van der Waals surface area contributed by atoms with Gasteiger partial charge in [0.2, 0.25) is 0 Å². The average Bonchev–Trinajstić information content (AvgIpc) is 2.74. The number of nitro benzene ring substituents is 1. The third kappa shape index (κ3) is 3.07. The molecule has 0 aliphatic rings. The Morgan fingerprint density at radius 2 is 2.21 bits per heavy atom. The van der Waals surface area contributed by atoms with Crippen molar-refractivity contribution >= 4 is 39.7 Å². The Hall–Kier alpha value is -1.99. The van der Waals surface area contributed by atoms with E-state index in [1.807, 2.05) is 6.92 Å². The summed E-state index contributed by atoms with van der Waals surface area (Å²) in [7, 11) is 0. The highest BCUT2D eigenvalue weighted by atomic mass is 35.5. The second-order valence-corrected chi connectivity index (χ2v) is 4.92. The second-order valence-electron chi connectivity index (χ2n) is 3.71. The summed E-state index contributed by atoms with van der Waals surface area (Å²) >= 11 is 6.91. The van der Waals surface area contributed by atoms with E-state index in [9.17, 15) is 14.9 Å². The van der Waals surface area contributed by atoms with Crippen LogP contribution in [0.3, 0.4) is 0 Å². The molecule has 98 valence electrons. The van der Waals surface area contributed by atoms with Crippen molar-refractivity contribution in [3.63, 3.8) is 0 Å². The Morgan fingerprint density at radius 1 is 1.47 bits per heavy atom. The number of halogens is 1. The highest BCUT2D eigenvalue weighted by Crippen LogP contribution is 2.25. The van der Waals surface area contributed by atoms with Gasteiger partial charge in [-0.15, -0.1) is 0 Å². The number of nitrogens with zero attached hydrogens (tertiary/aromatic N) is 2. The molecule has 1 amide bonds. The number of hydrogen-bond donors (Lipinski definition) is 1. The summed E-state index contributed by atoms with van der Waals surface area (Å²) in [6, 6.07) is 5.56. The van der Waals surface area contributed by atoms with E-state index in [1.165, 1.54) is 18.2 Å². The van der Waals surface area contributed by atoms with Crippen LogP contribution in [-0.2, 0) is 0 Å². The molecule has 0 aliphatic carbocycles. The van der Waals surface area contributed by atoms with Crippen LogP contribution in [0, 0.1) is 17.0 Å². The highest BCUT2D eigenvalue weighted by molar-refractivity contribution is 7.10. The largest absolute Gasteiger partial charge is 0.312 e. The number of rotatable bonds is 3. The SMILES string of the molecule is Cc1cc(NC(=O)c2ccc([N+](=O)[O-])c(Cl)c2)sn1. The quantitative estimate of drug-likeness (QED) is 0.696. The first-order valence-corrected chi connectivity index (χ1v) is 6.31. The van der Waals surface area contributed by atoms with Crippen LogP contribution in [-0.4, -0.2) is 15.2 Å². The molecule has 1 heterocycles. The van der Waals surface area contributed by atoms with E-state index >= 15 is 0 Å². The van der Waals surface area contributed by atoms with Crippen LogP contribution in [0.25, 0.3) is 0 Å². The lowest BCUT2D eigenvalue weighted by molar-refractivity contribution is -0.384. The van der Waals surface area contributed by atoms with E-state index in [1.54, 1.807) is 6.07 Å². The Balaban J connectivity index is 2.20. The summed E-state index contributed by atoms with van der Waals surface area (Å²) in [4.78, 5) is 21.9. The maximum Gasteiger partial charge on any atom is 0.287 e. The first-order valence-electron chi connectivity index (χ1n) is 5.16. The smallest absolute Gasteiger partial charge is 0.287 e. The van der Waals surface area contributed by atoms with Crippen molar-refractivity contribution in [1.82, 2.24) is 4.37 Å². The van der Waals surface area contributed by atoms with Crippen LogP contribution in [0.4, 0.5) is 10.7 Å². The molecule has 1 aromatic carbocycles. The van der Waals surface area contributed by atoms with Gasteiger partial charge in [0.05, 0.1) is 10.6 Å². The number of nitrogens with one attached hydrogen (secondary N) is 1. The number of amides is 1. The molecule has 0 unspecified atom stereocenters. The molecule has 0 bridgehead atoms. The minimum Gasteiger partial charge on any atom is -0.312 e. The van der Waals surface area contributed by atoms with Crippen molar-refractivity contribution in [1.29, 1.82) is 0 Å². The third-order valence-corrected chi connectivity index (χ3v) is 3.37. The molecular formula is C11H8ClN3O3S. The van der Waals surface area contributed by atoms with Gasteiger partial charge in [-0.2, -0.15) is 4.37 Å². The highest BCUT2D eigenvalue weighted by Gasteiger charge is 2.15. The van der Waals surface area contributed by atoms with E-state index in [0.717, 1.165) is 17.2 Å². The van der Waals surface area contributed by atoms with Crippen LogP contribution in [0.15, 0.2) is 24.3 Å². The van der Waals surface area contributed by atoms with Gasteiger partial charge < -0.3 is 5.32 Å². The molecule has 0 radical (unpaired) electrons. The zero-order chi connectivity index (χ0) is 14.0. The van der Waals surface area contributed by atoms with Crippen LogP contribution < -0.4 is 5.32 Å². The molecule has 0 aliphatic heterocycles. The van der Waals surface area contributed by atoms with Gasteiger partial charge in [0.15, 0.2) is 0 Å². The molecule has 2 rings (SSSR count). The second kappa shape index (κ2) is 5.33. The summed E-state index contributed by atoms with van der Waals surface area (Å²) in [5.41, 5.74) is 0.829. The zero-order valence-electron chi connectivity index (χ0n) is 9.71. The van der Waals surface area contributed by atoms with Crippen LogP contribution in [0.5, 0.6) is 0 Å². The molecule has 19 heavy (non-hydrogen) atoms. The Kier molecular flexibility index (Phi) is 3.77. The fourth-order valence-electron chi connectivity index (χ4n) is 1.40. The van der Waals surface area contributed by atoms with Gasteiger partial charge in [0.1, 0.15) is 10.0 Å². The van der Waals surface area contributed by atoms with Gasteiger partial charge in [0.25, 0.3) is 11.6 Å². The number of anilines is 1. The van der Waals surface area contributed by atoms with E-state index in [4.69, 9.17) is 11.6 Å². The molecule has 1 aromatic heterocycles. The van der Waals surface area contributed by atoms with Crippen molar-refractivity contribution in [3.05, 3.63) is 50.7 Å². The van der Waals surface area contributed by atoms with E-state index < -0.39 is 4.92 Å². The third-order valence-electron chi connectivity index (χ3n) is 2.27. The van der Waals surface area contributed by atoms with Gasteiger partial charge in [-0.25, -0.2) is 0 Å². The van der Waals surface area contributed by atoms with E-state index in [-0.39, 0.29) is 22.2 Å². The van der Waals surface area contributed by atoms with Gasteiger partial charge >= 0.3 is 0 Å².